The zero-order chi connectivity index (χ0) is 9.14. The van der Waals surface area contributed by atoms with Crippen LogP contribution in [0.4, 0.5) is 4.39 Å². The second-order valence-electron chi connectivity index (χ2n) is 3.39. The number of halogens is 1. The zero-order valence-electron chi connectivity index (χ0n) is 7.68. The van der Waals surface area contributed by atoms with Gasteiger partial charge in [0.25, 0.3) is 0 Å². The van der Waals surface area contributed by atoms with Crippen molar-refractivity contribution in [1.82, 2.24) is 0 Å². The second-order valence-corrected chi connectivity index (χ2v) is 3.39. The van der Waals surface area contributed by atoms with E-state index in [1.165, 1.54) is 6.08 Å². The SMILES string of the molecule is C=C(C(F)=CC=CC)C1CC1C. The number of rotatable bonds is 3. The Hall–Kier alpha value is -0.850. The van der Waals surface area contributed by atoms with Crippen molar-refractivity contribution in [2.75, 3.05) is 0 Å². The Morgan fingerprint density at radius 3 is 2.58 bits per heavy atom. The highest BCUT2D eigenvalue weighted by atomic mass is 19.1. The van der Waals surface area contributed by atoms with Crippen molar-refractivity contribution < 1.29 is 4.39 Å². The number of hydrogen-bond acceptors (Lipinski definition) is 0. The van der Waals surface area contributed by atoms with Crippen LogP contribution >= 0.6 is 0 Å². The van der Waals surface area contributed by atoms with Crippen LogP contribution in [0.3, 0.4) is 0 Å². The van der Waals surface area contributed by atoms with Gasteiger partial charge in [0.1, 0.15) is 5.83 Å². The molecule has 12 heavy (non-hydrogen) atoms. The maximum absolute atomic E-state index is 13.2. The van der Waals surface area contributed by atoms with E-state index in [0.29, 0.717) is 17.4 Å². The molecular weight excluding hydrogens is 151 g/mol. The average Bonchev–Trinajstić information content (AvgIpc) is 2.77. The molecule has 0 N–H and O–H groups in total. The van der Waals surface area contributed by atoms with Gasteiger partial charge in [0.05, 0.1) is 0 Å². The first-order valence-electron chi connectivity index (χ1n) is 4.34. The van der Waals surface area contributed by atoms with Crippen LogP contribution in [-0.2, 0) is 0 Å². The van der Waals surface area contributed by atoms with Gasteiger partial charge in [-0.1, -0.05) is 25.7 Å². The summed E-state index contributed by atoms with van der Waals surface area (Å²) in [5.74, 6) is 0.858. The van der Waals surface area contributed by atoms with Crippen LogP contribution in [0.5, 0.6) is 0 Å². The predicted octanol–water partition coefficient (Wildman–Crippen LogP) is 3.63. The first kappa shape index (κ1) is 9.24. The molecule has 1 fully saturated rings. The van der Waals surface area contributed by atoms with Gasteiger partial charge in [0.15, 0.2) is 0 Å². The third kappa shape index (κ3) is 2.07. The van der Waals surface area contributed by atoms with Crippen LogP contribution in [0.1, 0.15) is 20.3 Å². The van der Waals surface area contributed by atoms with Gasteiger partial charge in [-0.05, 0) is 36.8 Å². The summed E-state index contributed by atoms with van der Waals surface area (Å²) in [6.07, 6.45) is 6.08. The van der Waals surface area contributed by atoms with E-state index in [9.17, 15) is 4.39 Å². The Kier molecular flexibility index (Phi) is 2.85. The topological polar surface area (TPSA) is 0 Å². The molecule has 0 saturated heterocycles. The predicted molar refractivity (Wildman–Crippen MR) is 50.4 cm³/mol. The van der Waals surface area contributed by atoms with E-state index >= 15 is 0 Å². The van der Waals surface area contributed by atoms with Crippen molar-refractivity contribution in [1.29, 1.82) is 0 Å². The molecule has 0 aromatic heterocycles. The Morgan fingerprint density at radius 1 is 1.58 bits per heavy atom. The third-order valence-electron chi connectivity index (χ3n) is 2.30. The molecule has 2 unspecified atom stereocenters. The van der Waals surface area contributed by atoms with Crippen LogP contribution in [-0.4, -0.2) is 0 Å². The minimum atomic E-state index is -0.164. The fourth-order valence-electron chi connectivity index (χ4n) is 1.27. The second kappa shape index (κ2) is 3.70. The van der Waals surface area contributed by atoms with Gasteiger partial charge < -0.3 is 0 Å². The third-order valence-corrected chi connectivity index (χ3v) is 2.30. The van der Waals surface area contributed by atoms with E-state index < -0.39 is 0 Å². The zero-order valence-corrected chi connectivity index (χ0v) is 7.68. The summed E-state index contributed by atoms with van der Waals surface area (Å²) < 4.78 is 13.2. The maximum Gasteiger partial charge on any atom is 0.126 e. The van der Waals surface area contributed by atoms with Crippen LogP contribution in [0, 0.1) is 11.8 Å². The van der Waals surface area contributed by atoms with E-state index in [1.807, 2.05) is 13.0 Å². The summed E-state index contributed by atoms with van der Waals surface area (Å²) in [7, 11) is 0. The van der Waals surface area contributed by atoms with Crippen molar-refractivity contribution in [2.24, 2.45) is 11.8 Å². The summed E-state index contributed by atoms with van der Waals surface area (Å²) in [5, 5.41) is 0. The first-order valence-corrected chi connectivity index (χ1v) is 4.34. The Morgan fingerprint density at radius 2 is 2.17 bits per heavy atom. The fraction of sp³-hybridized carbons (Fsp3) is 0.455. The Labute approximate surface area is 73.5 Å². The number of allylic oxidation sites excluding steroid dienone is 5. The summed E-state index contributed by atoms with van der Waals surface area (Å²) in [5.41, 5.74) is 0.667. The summed E-state index contributed by atoms with van der Waals surface area (Å²) in [6, 6.07) is 0. The minimum absolute atomic E-state index is 0.164. The van der Waals surface area contributed by atoms with E-state index in [0.717, 1.165) is 6.42 Å². The van der Waals surface area contributed by atoms with Gasteiger partial charge in [0.2, 0.25) is 0 Å². The Balaban J connectivity index is 2.52. The van der Waals surface area contributed by atoms with E-state index in [-0.39, 0.29) is 5.83 Å². The van der Waals surface area contributed by atoms with E-state index in [1.54, 1.807) is 6.08 Å². The standard InChI is InChI=1S/C11H15F/c1-4-5-6-11(12)9(3)10-7-8(10)2/h4-6,8,10H,3,7H2,1-2H3. The molecule has 0 radical (unpaired) electrons. The molecule has 1 rings (SSSR count). The lowest BCUT2D eigenvalue weighted by atomic mass is 10.1. The fourth-order valence-corrected chi connectivity index (χ4v) is 1.27. The van der Waals surface area contributed by atoms with Gasteiger partial charge in [0, 0.05) is 0 Å². The van der Waals surface area contributed by atoms with E-state index in [2.05, 4.69) is 13.5 Å². The van der Waals surface area contributed by atoms with Gasteiger partial charge in [-0.25, -0.2) is 4.39 Å². The lowest BCUT2D eigenvalue weighted by molar-refractivity contribution is 0.630. The van der Waals surface area contributed by atoms with Crippen molar-refractivity contribution in [2.45, 2.75) is 20.3 Å². The maximum atomic E-state index is 13.2. The molecule has 0 nitrogen and oxygen atoms in total. The summed E-state index contributed by atoms with van der Waals surface area (Å²) in [6.45, 7) is 7.73. The van der Waals surface area contributed by atoms with Crippen LogP contribution in [0.2, 0.25) is 0 Å². The van der Waals surface area contributed by atoms with Crippen LogP contribution in [0.25, 0.3) is 0 Å². The van der Waals surface area contributed by atoms with Crippen LogP contribution < -0.4 is 0 Å². The summed E-state index contributed by atoms with van der Waals surface area (Å²) >= 11 is 0. The molecule has 1 aliphatic rings. The van der Waals surface area contributed by atoms with Crippen molar-refractivity contribution in [3.63, 3.8) is 0 Å². The molecule has 0 amide bonds. The normalized spacial score (nSPS) is 29.4. The van der Waals surface area contributed by atoms with Crippen molar-refractivity contribution >= 4 is 0 Å². The Bertz CT molecular complexity index is 235. The molecule has 0 aromatic carbocycles. The lowest BCUT2D eigenvalue weighted by Gasteiger charge is -1.98. The quantitative estimate of drug-likeness (QED) is 0.562. The highest BCUT2D eigenvalue weighted by molar-refractivity contribution is 5.31. The first-order chi connectivity index (χ1) is 5.66. The van der Waals surface area contributed by atoms with Gasteiger partial charge in [-0.2, -0.15) is 0 Å². The molecule has 1 saturated carbocycles. The molecule has 66 valence electrons. The molecule has 0 spiro atoms. The van der Waals surface area contributed by atoms with Gasteiger partial charge >= 0.3 is 0 Å². The van der Waals surface area contributed by atoms with Gasteiger partial charge in [-0.15, -0.1) is 0 Å². The molecule has 0 bridgehead atoms. The highest BCUT2D eigenvalue weighted by Gasteiger charge is 2.36. The molecule has 2 atom stereocenters. The molecule has 0 aliphatic heterocycles. The average molecular weight is 166 g/mol. The monoisotopic (exact) mass is 166 g/mol. The molecule has 0 heterocycles. The smallest absolute Gasteiger partial charge is 0.126 e. The molecule has 1 aliphatic carbocycles. The van der Waals surface area contributed by atoms with Crippen LogP contribution in [0.15, 0.2) is 36.2 Å². The largest absolute Gasteiger partial charge is 0.207 e. The number of hydrogen-bond donors (Lipinski definition) is 0. The van der Waals surface area contributed by atoms with Crippen molar-refractivity contribution in [3.8, 4) is 0 Å². The minimum Gasteiger partial charge on any atom is -0.207 e. The molecular formula is C11H15F. The lowest BCUT2D eigenvalue weighted by Crippen LogP contribution is -1.85. The van der Waals surface area contributed by atoms with Crippen molar-refractivity contribution in [3.05, 3.63) is 36.2 Å². The van der Waals surface area contributed by atoms with E-state index in [4.69, 9.17) is 0 Å². The molecule has 1 heteroatoms. The summed E-state index contributed by atoms with van der Waals surface area (Å²) in [4.78, 5) is 0. The molecule has 0 aromatic rings. The highest BCUT2D eigenvalue weighted by Crippen LogP contribution is 2.45. The van der Waals surface area contributed by atoms with Gasteiger partial charge in [-0.3, -0.25) is 0 Å².